The van der Waals surface area contributed by atoms with E-state index in [1.807, 2.05) is 6.07 Å². The van der Waals surface area contributed by atoms with E-state index in [2.05, 4.69) is 5.32 Å². The molecular formula is C12H9N3O3. The highest BCUT2D eigenvalue weighted by Gasteiger charge is 2.32. The normalized spacial score (nSPS) is 15.3. The quantitative estimate of drug-likeness (QED) is 0.740. The minimum absolute atomic E-state index is 0.323. The predicted octanol–water partition coefficient (Wildman–Crippen LogP) is 0.840. The van der Waals surface area contributed by atoms with Gasteiger partial charge in [-0.15, -0.1) is 0 Å². The van der Waals surface area contributed by atoms with Gasteiger partial charge in [0, 0.05) is 0 Å². The molecule has 1 saturated heterocycles. The third-order valence-corrected chi connectivity index (χ3v) is 2.59. The largest absolute Gasteiger partial charge is 0.335 e. The minimum atomic E-state index is -0.783. The van der Waals surface area contributed by atoms with Crippen molar-refractivity contribution < 1.29 is 14.4 Å². The second-order valence-electron chi connectivity index (χ2n) is 3.87. The number of barbiturate groups is 1. The Hall–Kier alpha value is -2.68. The van der Waals surface area contributed by atoms with E-state index in [1.165, 1.54) is 6.07 Å². The molecular weight excluding hydrogens is 234 g/mol. The smallest absolute Gasteiger partial charge is 0.277 e. The number of rotatable bonds is 1. The van der Waals surface area contributed by atoms with E-state index in [0.29, 0.717) is 16.8 Å². The van der Waals surface area contributed by atoms with Crippen LogP contribution in [-0.4, -0.2) is 17.8 Å². The van der Waals surface area contributed by atoms with Gasteiger partial charge in [0.1, 0.15) is 6.42 Å². The number of amides is 4. The van der Waals surface area contributed by atoms with Gasteiger partial charge in [-0.2, -0.15) is 5.26 Å². The average Bonchev–Trinajstić information content (AvgIpc) is 2.30. The molecule has 90 valence electrons. The Kier molecular flexibility index (Phi) is 2.81. The zero-order chi connectivity index (χ0) is 13.3. The number of hydrogen-bond acceptors (Lipinski definition) is 4. The number of benzene rings is 1. The topological polar surface area (TPSA) is 90.3 Å². The van der Waals surface area contributed by atoms with E-state index in [-0.39, 0.29) is 6.42 Å². The Morgan fingerprint density at radius 2 is 2.06 bits per heavy atom. The lowest BCUT2D eigenvalue weighted by Gasteiger charge is -2.26. The number of nitriles is 1. The number of carbonyl (C=O) groups is 3. The lowest BCUT2D eigenvalue weighted by Crippen LogP contribution is -2.53. The van der Waals surface area contributed by atoms with Crippen LogP contribution in [0.2, 0.25) is 0 Å². The Labute approximate surface area is 103 Å². The van der Waals surface area contributed by atoms with Gasteiger partial charge >= 0.3 is 6.03 Å². The van der Waals surface area contributed by atoms with Gasteiger partial charge in [0.15, 0.2) is 0 Å². The molecule has 0 bridgehead atoms. The highest BCUT2D eigenvalue weighted by atomic mass is 16.2. The van der Waals surface area contributed by atoms with Crippen LogP contribution in [0, 0.1) is 18.3 Å². The SMILES string of the molecule is Cc1ccc(C#N)cc1N1C(=O)CC(=O)NC1=O. The van der Waals surface area contributed by atoms with Crippen LogP contribution in [0.1, 0.15) is 17.5 Å². The summed E-state index contributed by atoms with van der Waals surface area (Å²) in [4.78, 5) is 35.3. The van der Waals surface area contributed by atoms with Gasteiger partial charge in [-0.3, -0.25) is 14.9 Å². The summed E-state index contributed by atoms with van der Waals surface area (Å²) in [7, 11) is 0. The van der Waals surface area contributed by atoms with Crippen LogP contribution in [0.15, 0.2) is 18.2 Å². The molecule has 1 aliphatic rings. The van der Waals surface area contributed by atoms with Crippen molar-refractivity contribution >= 4 is 23.5 Å². The van der Waals surface area contributed by atoms with Gasteiger partial charge < -0.3 is 0 Å². The van der Waals surface area contributed by atoms with E-state index in [0.717, 1.165) is 4.90 Å². The molecule has 2 rings (SSSR count). The Bertz CT molecular complexity index is 581. The van der Waals surface area contributed by atoms with Crippen molar-refractivity contribution in [2.24, 2.45) is 0 Å². The molecule has 1 heterocycles. The first kappa shape index (κ1) is 11.8. The van der Waals surface area contributed by atoms with Crippen LogP contribution in [0.25, 0.3) is 0 Å². The molecule has 0 spiro atoms. The summed E-state index contributed by atoms with van der Waals surface area (Å²) in [6, 6.07) is 5.84. The highest BCUT2D eigenvalue weighted by molar-refractivity contribution is 6.26. The number of aryl methyl sites for hydroxylation is 1. The molecule has 0 atom stereocenters. The van der Waals surface area contributed by atoms with Crippen LogP contribution in [0.5, 0.6) is 0 Å². The number of anilines is 1. The second kappa shape index (κ2) is 4.30. The van der Waals surface area contributed by atoms with E-state index in [4.69, 9.17) is 5.26 Å². The molecule has 6 heteroatoms. The van der Waals surface area contributed by atoms with Gasteiger partial charge in [0.2, 0.25) is 11.8 Å². The second-order valence-corrected chi connectivity index (χ2v) is 3.87. The molecule has 0 aromatic heterocycles. The van der Waals surface area contributed by atoms with E-state index in [9.17, 15) is 14.4 Å². The molecule has 4 amide bonds. The summed E-state index contributed by atoms with van der Waals surface area (Å²) in [5.41, 5.74) is 1.34. The monoisotopic (exact) mass is 243 g/mol. The van der Waals surface area contributed by atoms with Gasteiger partial charge in [-0.1, -0.05) is 6.07 Å². The number of urea groups is 1. The molecule has 1 aromatic rings. The molecule has 6 nitrogen and oxygen atoms in total. The average molecular weight is 243 g/mol. The Morgan fingerprint density at radius 1 is 1.33 bits per heavy atom. The summed E-state index contributed by atoms with van der Waals surface area (Å²) in [5.74, 6) is -1.21. The van der Waals surface area contributed by atoms with Gasteiger partial charge in [-0.25, -0.2) is 9.69 Å². The fourth-order valence-corrected chi connectivity index (χ4v) is 1.71. The summed E-state index contributed by atoms with van der Waals surface area (Å²) in [5, 5.41) is 10.9. The van der Waals surface area contributed by atoms with Crippen molar-refractivity contribution in [3.05, 3.63) is 29.3 Å². The van der Waals surface area contributed by atoms with Crippen LogP contribution in [0.4, 0.5) is 10.5 Å². The van der Waals surface area contributed by atoms with Crippen LogP contribution >= 0.6 is 0 Å². The van der Waals surface area contributed by atoms with E-state index < -0.39 is 17.8 Å². The number of nitrogens with one attached hydrogen (secondary N) is 1. The van der Waals surface area contributed by atoms with E-state index >= 15 is 0 Å². The first-order valence-corrected chi connectivity index (χ1v) is 5.20. The minimum Gasteiger partial charge on any atom is -0.277 e. The summed E-state index contributed by atoms with van der Waals surface area (Å²) in [6.07, 6.45) is -0.373. The van der Waals surface area contributed by atoms with Crippen molar-refractivity contribution in [3.63, 3.8) is 0 Å². The lowest BCUT2D eigenvalue weighted by molar-refractivity contribution is -0.128. The molecule has 0 radical (unpaired) electrons. The van der Waals surface area contributed by atoms with Gasteiger partial charge in [-0.05, 0) is 24.6 Å². The molecule has 0 unspecified atom stereocenters. The highest BCUT2D eigenvalue weighted by Crippen LogP contribution is 2.23. The summed E-state index contributed by atoms with van der Waals surface area (Å²) < 4.78 is 0. The van der Waals surface area contributed by atoms with Gasteiger partial charge in [0.25, 0.3) is 0 Å². The molecule has 1 N–H and O–H groups in total. The molecule has 1 fully saturated rings. The fourth-order valence-electron chi connectivity index (χ4n) is 1.71. The molecule has 1 aliphatic heterocycles. The number of imide groups is 2. The first-order chi connectivity index (χ1) is 8.52. The van der Waals surface area contributed by atoms with Crippen molar-refractivity contribution in [2.45, 2.75) is 13.3 Å². The standard InChI is InChI=1S/C12H9N3O3/c1-7-2-3-8(6-13)4-9(7)15-11(17)5-10(16)14-12(15)18/h2-4H,5H2,1H3,(H,14,16,18). The lowest BCUT2D eigenvalue weighted by atomic mass is 10.1. The maximum absolute atomic E-state index is 11.7. The third kappa shape index (κ3) is 1.94. The first-order valence-electron chi connectivity index (χ1n) is 5.20. The molecule has 0 aliphatic carbocycles. The van der Waals surface area contributed by atoms with Crippen molar-refractivity contribution in [1.82, 2.24) is 5.32 Å². The Balaban J connectivity index is 2.48. The maximum Gasteiger partial charge on any atom is 0.335 e. The fraction of sp³-hybridized carbons (Fsp3) is 0.167. The number of carbonyl (C=O) groups excluding carboxylic acids is 3. The third-order valence-electron chi connectivity index (χ3n) is 2.59. The number of nitrogens with zero attached hydrogens (tertiary/aromatic N) is 2. The van der Waals surface area contributed by atoms with Crippen molar-refractivity contribution in [3.8, 4) is 6.07 Å². The summed E-state index contributed by atoms with van der Waals surface area (Å²) >= 11 is 0. The zero-order valence-corrected chi connectivity index (χ0v) is 9.56. The number of hydrogen-bond donors (Lipinski definition) is 1. The van der Waals surface area contributed by atoms with Crippen LogP contribution < -0.4 is 10.2 Å². The van der Waals surface area contributed by atoms with Gasteiger partial charge in [0.05, 0.1) is 17.3 Å². The molecule has 1 aromatic carbocycles. The van der Waals surface area contributed by atoms with E-state index in [1.54, 1.807) is 19.1 Å². The van der Waals surface area contributed by atoms with Crippen LogP contribution in [0.3, 0.4) is 0 Å². The molecule has 18 heavy (non-hydrogen) atoms. The summed E-state index contributed by atoms with van der Waals surface area (Å²) in [6.45, 7) is 1.72. The zero-order valence-electron chi connectivity index (χ0n) is 9.56. The van der Waals surface area contributed by atoms with Crippen molar-refractivity contribution in [2.75, 3.05) is 4.90 Å². The molecule has 0 saturated carbocycles. The maximum atomic E-state index is 11.7. The van der Waals surface area contributed by atoms with Crippen LogP contribution in [-0.2, 0) is 9.59 Å². The predicted molar refractivity (Wildman–Crippen MR) is 61.5 cm³/mol. The Morgan fingerprint density at radius 3 is 2.67 bits per heavy atom. The van der Waals surface area contributed by atoms with Crippen molar-refractivity contribution in [1.29, 1.82) is 5.26 Å².